The van der Waals surface area contributed by atoms with Crippen LogP contribution < -0.4 is 5.32 Å². The Morgan fingerprint density at radius 1 is 1.35 bits per heavy atom. The first-order valence-electron chi connectivity index (χ1n) is 5.29. The van der Waals surface area contributed by atoms with E-state index in [-0.39, 0.29) is 11.9 Å². The zero-order valence-electron chi connectivity index (χ0n) is 9.57. The van der Waals surface area contributed by atoms with Crippen LogP contribution in [0.3, 0.4) is 0 Å². The summed E-state index contributed by atoms with van der Waals surface area (Å²) < 4.78 is 0. The highest BCUT2D eigenvalue weighted by Crippen LogP contribution is 2.15. The van der Waals surface area contributed by atoms with E-state index in [1.807, 2.05) is 13.8 Å². The fourth-order valence-corrected chi connectivity index (χ4v) is 1.60. The van der Waals surface area contributed by atoms with Crippen LogP contribution >= 0.6 is 11.6 Å². The molecule has 0 aliphatic carbocycles. The normalized spacial score (nSPS) is 10.8. The molecule has 4 nitrogen and oxygen atoms in total. The van der Waals surface area contributed by atoms with E-state index in [9.17, 15) is 4.79 Å². The molecule has 88 valence electrons. The molecule has 0 aliphatic rings. The molecule has 2 rings (SSSR count). The van der Waals surface area contributed by atoms with Gasteiger partial charge in [0.2, 0.25) is 0 Å². The van der Waals surface area contributed by atoms with Gasteiger partial charge in [-0.25, -0.2) is 4.98 Å². The lowest BCUT2D eigenvalue weighted by atomic mass is 10.3. The third-order valence-corrected chi connectivity index (χ3v) is 2.39. The van der Waals surface area contributed by atoms with E-state index in [0.29, 0.717) is 21.7 Å². The number of amides is 1. The van der Waals surface area contributed by atoms with Crippen molar-refractivity contribution in [2.24, 2.45) is 0 Å². The molecular formula is C12H12ClN3O. The zero-order chi connectivity index (χ0) is 12.4. The average molecular weight is 250 g/mol. The van der Waals surface area contributed by atoms with Gasteiger partial charge in [0.15, 0.2) is 0 Å². The van der Waals surface area contributed by atoms with Gasteiger partial charge in [-0.05, 0) is 32.0 Å². The maximum absolute atomic E-state index is 11.7. The molecule has 1 heterocycles. The van der Waals surface area contributed by atoms with Crippen LogP contribution in [0.2, 0.25) is 5.02 Å². The molecule has 1 N–H and O–H groups in total. The molecule has 5 heteroatoms. The molecule has 0 fully saturated rings. The fraction of sp³-hybridized carbons (Fsp3) is 0.250. The quantitative estimate of drug-likeness (QED) is 0.889. The van der Waals surface area contributed by atoms with Crippen LogP contribution in [0.4, 0.5) is 0 Å². The topological polar surface area (TPSA) is 54.9 Å². The Labute approximate surface area is 104 Å². The lowest BCUT2D eigenvalue weighted by Gasteiger charge is -2.07. The van der Waals surface area contributed by atoms with Crippen LogP contribution in [-0.2, 0) is 0 Å². The van der Waals surface area contributed by atoms with Crippen molar-refractivity contribution < 1.29 is 4.79 Å². The van der Waals surface area contributed by atoms with Gasteiger partial charge in [-0.3, -0.25) is 9.78 Å². The number of nitrogens with zero attached hydrogens (tertiary/aromatic N) is 2. The molecule has 2 aromatic rings. The molecule has 0 atom stereocenters. The second kappa shape index (κ2) is 4.67. The van der Waals surface area contributed by atoms with Crippen LogP contribution in [0.25, 0.3) is 11.0 Å². The Balaban J connectivity index is 2.38. The molecule has 1 aromatic heterocycles. The predicted molar refractivity (Wildman–Crippen MR) is 67.2 cm³/mol. The van der Waals surface area contributed by atoms with Crippen LogP contribution in [0.15, 0.2) is 24.4 Å². The highest BCUT2D eigenvalue weighted by atomic mass is 35.5. The van der Waals surface area contributed by atoms with Gasteiger partial charge in [-0.2, -0.15) is 0 Å². The molecule has 1 aromatic carbocycles. The number of hydrogen-bond acceptors (Lipinski definition) is 3. The predicted octanol–water partition coefficient (Wildman–Crippen LogP) is 2.42. The summed E-state index contributed by atoms with van der Waals surface area (Å²) >= 11 is 5.84. The standard InChI is InChI=1S/C12H12ClN3O/c1-7(2)15-12(17)11-6-14-10-5-8(13)3-4-9(10)16-11/h3-7H,1-2H3,(H,15,17). The summed E-state index contributed by atoms with van der Waals surface area (Å²) in [6.07, 6.45) is 1.45. The second-order valence-electron chi connectivity index (χ2n) is 4.02. The van der Waals surface area contributed by atoms with Crippen molar-refractivity contribution in [2.45, 2.75) is 19.9 Å². The molecule has 0 saturated heterocycles. The molecule has 1 amide bonds. The summed E-state index contributed by atoms with van der Waals surface area (Å²) in [5, 5.41) is 3.37. The summed E-state index contributed by atoms with van der Waals surface area (Å²) in [5.41, 5.74) is 1.65. The number of nitrogens with one attached hydrogen (secondary N) is 1. The first kappa shape index (κ1) is 11.8. The molecule has 0 saturated carbocycles. The van der Waals surface area contributed by atoms with Crippen LogP contribution in [0, 0.1) is 0 Å². The van der Waals surface area contributed by atoms with Crippen LogP contribution in [0.5, 0.6) is 0 Å². The van der Waals surface area contributed by atoms with Crippen molar-refractivity contribution in [2.75, 3.05) is 0 Å². The van der Waals surface area contributed by atoms with Crippen LogP contribution in [0.1, 0.15) is 24.3 Å². The van der Waals surface area contributed by atoms with Gasteiger partial charge in [0.1, 0.15) is 5.69 Å². The Bertz CT molecular complexity index is 569. The Kier molecular flexibility index (Phi) is 3.24. The summed E-state index contributed by atoms with van der Waals surface area (Å²) in [5.74, 6) is -0.218. The molecule has 0 radical (unpaired) electrons. The zero-order valence-corrected chi connectivity index (χ0v) is 10.3. The van der Waals surface area contributed by atoms with Gasteiger partial charge in [0, 0.05) is 11.1 Å². The SMILES string of the molecule is CC(C)NC(=O)c1cnc2cc(Cl)ccc2n1. The van der Waals surface area contributed by atoms with Gasteiger partial charge in [0.25, 0.3) is 5.91 Å². The van der Waals surface area contributed by atoms with Crippen molar-refractivity contribution in [1.29, 1.82) is 0 Å². The summed E-state index contributed by atoms with van der Waals surface area (Å²) in [6, 6.07) is 5.26. The van der Waals surface area contributed by atoms with Gasteiger partial charge >= 0.3 is 0 Å². The highest BCUT2D eigenvalue weighted by molar-refractivity contribution is 6.31. The number of aromatic nitrogens is 2. The van der Waals surface area contributed by atoms with E-state index < -0.39 is 0 Å². The van der Waals surface area contributed by atoms with E-state index in [1.54, 1.807) is 18.2 Å². The van der Waals surface area contributed by atoms with Crippen molar-refractivity contribution in [3.05, 3.63) is 35.1 Å². The Morgan fingerprint density at radius 3 is 2.82 bits per heavy atom. The lowest BCUT2D eigenvalue weighted by Crippen LogP contribution is -2.30. The minimum Gasteiger partial charge on any atom is -0.348 e. The number of halogens is 1. The van der Waals surface area contributed by atoms with Gasteiger partial charge in [-0.15, -0.1) is 0 Å². The van der Waals surface area contributed by atoms with Gasteiger partial charge < -0.3 is 5.32 Å². The number of benzene rings is 1. The summed E-state index contributed by atoms with van der Waals surface area (Å²) in [7, 11) is 0. The second-order valence-corrected chi connectivity index (χ2v) is 4.45. The average Bonchev–Trinajstić information content (AvgIpc) is 2.27. The van der Waals surface area contributed by atoms with Crippen LogP contribution in [-0.4, -0.2) is 21.9 Å². The number of carbonyl (C=O) groups is 1. The van der Waals surface area contributed by atoms with Gasteiger partial charge in [-0.1, -0.05) is 11.6 Å². The third kappa shape index (κ3) is 2.71. The number of hydrogen-bond donors (Lipinski definition) is 1. The van der Waals surface area contributed by atoms with Gasteiger partial charge in [0.05, 0.1) is 17.2 Å². The number of carbonyl (C=O) groups excluding carboxylic acids is 1. The van der Waals surface area contributed by atoms with Crippen molar-refractivity contribution in [3.63, 3.8) is 0 Å². The first-order valence-corrected chi connectivity index (χ1v) is 5.67. The minimum absolute atomic E-state index is 0.0743. The Hall–Kier alpha value is -1.68. The smallest absolute Gasteiger partial charge is 0.271 e. The maximum Gasteiger partial charge on any atom is 0.271 e. The third-order valence-electron chi connectivity index (χ3n) is 2.16. The van der Waals surface area contributed by atoms with E-state index in [4.69, 9.17) is 11.6 Å². The molecule has 0 aliphatic heterocycles. The summed E-state index contributed by atoms with van der Waals surface area (Å²) in [6.45, 7) is 3.79. The molecule has 0 unspecified atom stereocenters. The molecule has 0 bridgehead atoms. The fourth-order valence-electron chi connectivity index (χ4n) is 1.43. The number of fused-ring (bicyclic) bond motifs is 1. The molecule has 0 spiro atoms. The molecular weight excluding hydrogens is 238 g/mol. The molecule has 17 heavy (non-hydrogen) atoms. The lowest BCUT2D eigenvalue weighted by molar-refractivity contribution is 0.0938. The van der Waals surface area contributed by atoms with E-state index in [2.05, 4.69) is 15.3 Å². The van der Waals surface area contributed by atoms with Crippen molar-refractivity contribution in [3.8, 4) is 0 Å². The summed E-state index contributed by atoms with van der Waals surface area (Å²) in [4.78, 5) is 20.1. The van der Waals surface area contributed by atoms with E-state index in [1.165, 1.54) is 6.20 Å². The first-order chi connectivity index (χ1) is 8.06. The van der Waals surface area contributed by atoms with E-state index >= 15 is 0 Å². The van der Waals surface area contributed by atoms with Crippen molar-refractivity contribution >= 4 is 28.5 Å². The number of rotatable bonds is 2. The highest BCUT2D eigenvalue weighted by Gasteiger charge is 2.09. The minimum atomic E-state index is -0.218. The Morgan fingerprint density at radius 2 is 2.12 bits per heavy atom. The maximum atomic E-state index is 11.7. The van der Waals surface area contributed by atoms with E-state index in [0.717, 1.165) is 0 Å². The monoisotopic (exact) mass is 249 g/mol. The largest absolute Gasteiger partial charge is 0.348 e. The van der Waals surface area contributed by atoms with Crippen molar-refractivity contribution in [1.82, 2.24) is 15.3 Å².